The Morgan fingerprint density at radius 3 is 2.69 bits per heavy atom. The third-order valence-corrected chi connectivity index (χ3v) is 2.53. The van der Waals surface area contributed by atoms with Crippen molar-refractivity contribution in [3.8, 4) is 0 Å². The molecule has 0 saturated heterocycles. The fourth-order valence-electron chi connectivity index (χ4n) is 1.03. The molecular weight excluding hydrogens is 244 g/mol. The predicted octanol–water partition coefficient (Wildman–Crippen LogP) is 2.58. The molecule has 0 fully saturated rings. The van der Waals surface area contributed by atoms with E-state index < -0.39 is 6.43 Å². The Kier molecular flexibility index (Phi) is 3.33. The van der Waals surface area contributed by atoms with E-state index in [1.807, 2.05) is 0 Å². The minimum atomic E-state index is -2.55. The van der Waals surface area contributed by atoms with Crippen LogP contribution in [0.1, 0.15) is 23.1 Å². The second-order valence-corrected chi connectivity index (χ2v) is 3.32. The van der Waals surface area contributed by atoms with E-state index in [4.69, 9.17) is 5.11 Å². The van der Waals surface area contributed by atoms with Crippen molar-refractivity contribution in [3.05, 3.63) is 27.5 Å². The van der Waals surface area contributed by atoms with Crippen LogP contribution >= 0.6 is 15.9 Å². The van der Waals surface area contributed by atoms with Crippen molar-refractivity contribution in [1.29, 1.82) is 0 Å². The Morgan fingerprint density at radius 1 is 1.62 bits per heavy atom. The Labute approximate surface area is 82.7 Å². The van der Waals surface area contributed by atoms with Gasteiger partial charge in [-0.25, -0.2) is 13.8 Å². The highest BCUT2D eigenvalue weighted by atomic mass is 79.9. The highest BCUT2D eigenvalue weighted by molar-refractivity contribution is 9.10. The first-order chi connectivity index (χ1) is 6.07. The lowest BCUT2D eigenvalue weighted by Crippen LogP contribution is -1.99. The van der Waals surface area contributed by atoms with Crippen molar-refractivity contribution in [3.63, 3.8) is 0 Å². The third kappa shape index (κ3) is 2.03. The third-order valence-electron chi connectivity index (χ3n) is 1.84. The molecule has 1 N–H and O–H groups in total. The Morgan fingerprint density at radius 2 is 2.23 bits per heavy atom. The van der Waals surface area contributed by atoms with E-state index in [2.05, 4.69) is 20.9 Å². The molecule has 0 radical (unpaired) electrons. The van der Waals surface area contributed by atoms with Gasteiger partial charge in [0.05, 0.1) is 6.61 Å². The molecule has 0 bridgehead atoms. The van der Waals surface area contributed by atoms with Gasteiger partial charge in [0.2, 0.25) is 0 Å². The van der Waals surface area contributed by atoms with E-state index in [0.29, 0.717) is 15.7 Å². The molecule has 2 nitrogen and oxygen atoms in total. The molecule has 1 rings (SSSR count). The summed E-state index contributed by atoms with van der Waals surface area (Å²) in [5, 5.41) is 8.89. The van der Waals surface area contributed by atoms with Gasteiger partial charge in [0, 0.05) is 17.3 Å². The average Bonchev–Trinajstić information content (AvgIpc) is 2.04. The number of rotatable bonds is 2. The molecule has 72 valence electrons. The highest BCUT2D eigenvalue weighted by Crippen LogP contribution is 2.27. The number of hydrogen-bond donors (Lipinski definition) is 1. The molecule has 5 heteroatoms. The van der Waals surface area contributed by atoms with Gasteiger partial charge in [0.15, 0.2) is 0 Å². The van der Waals surface area contributed by atoms with Crippen LogP contribution in [0.5, 0.6) is 0 Å². The molecular formula is C8H8BrF2NO. The summed E-state index contributed by atoms with van der Waals surface area (Å²) < 4.78 is 25.1. The van der Waals surface area contributed by atoms with Crippen LogP contribution in [0.15, 0.2) is 10.8 Å². The van der Waals surface area contributed by atoms with Gasteiger partial charge in [0.25, 0.3) is 6.43 Å². The standard InChI is InChI=1S/C8H8BrF2NO/c1-4-5(8(10)11)2-12-7(9)6(4)3-13/h2,8,13H,3H2,1H3. The predicted molar refractivity (Wildman–Crippen MR) is 47.6 cm³/mol. The smallest absolute Gasteiger partial charge is 0.265 e. The largest absolute Gasteiger partial charge is 0.392 e. The zero-order valence-electron chi connectivity index (χ0n) is 6.89. The molecule has 0 atom stereocenters. The first-order valence-electron chi connectivity index (χ1n) is 3.60. The second-order valence-electron chi connectivity index (χ2n) is 2.57. The SMILES string of the molecule is Cc1c(C(F)F)cnc(Br)c1CO. The molecule has 1 aromatic rings. The summed E-state index contributed by atoms with van der Waals surface area (Å²) in [5.41, 5.74) is 0.671. The number of aliphatic hydroxyl groups excluding tert-OH is 1. The number of aliphatic hydroxyl groups is 1. The number of pyridine rings is 1. The van der Waals surface area contributed by atoms with Crippen LogP contribution in [0, 0.1) is 6.92 Å². The van der Waals surface area contributed by atoms with Gasteiger partial charge in [-0.15, -0.1) is 0 Å². The molecule has 0 aliphatic heterocycles. The molecule has 1 aromatic heterocycles. The fraction of sp³-hybridized carbons (Fsp3) is 0.375. The number of alkyl halides is 2. The van der Waals surface area contributed by atoms with Crippen molar-refractivity contribution in [2.75, 3.05) is 0 Å². The molecule has 0 spiro atoms. The maximum Gasteiger partial charge on any atom is 0.265 e. The van der Waals surface area contributed by atoms with E-state index in [0.717, 1.165) is 6.20 Å². The molecule has 1 heterocycles. The van der Waals surface area contributed by atoms with Crippen molar-refractivity contribution in [2.24, 2.45) is 0 Å². The summed E-state index contributed by atoms with van der Waals surface area (Å²) in [4.78, 5) is 3.71. The number of hydrogen-bond acceptors (Lipinski definition) is 2. The van der Waals surface area contributed by atoms with Gasteiger partial charge in [-0.3, -0.25) is 0 Å². The van der Waals surface area contributed by atoms with E-state index in [1.165, 1.54) is 0 Å². The van der Waals surface area contributed by atoms with Crippen molar-refractivity contribution < 1.29 is 13.9 Å². The Balaban J connectivity index is 3.27. The maximum absolute atomic E-state index is 12.3. The average molecular weight is 252 g/mol. The zero-order chi connectivity index (χ0) is 10.0. The van der Waals surface area contributed by atoms with Crippen LogP contribution in [0.4, 0.5) is 8.78 Å². The first kappa shape index (κ1) is 10.5. The van der Waals surface area contributed by atoms with Gasteiger partial charge >= 0.3 is 0 Å². The summed E-state index contributed by atoms with van der Waals surface area (Å²) in [6.07, 6.45) is -1.44. The summed E-state index contributed by atoms with van der Waals surface area (Å²) in [7, 11) is 0. The van der Waals surface area contributed by atoms with E-state index >= 15 is 0 Å². The van der Waals surface area contributed by atoms with Gasteiger partial charge < -0.3 is 5.11 Å². The van der Waals surface area contributed by atoms with Crippen LogP contribution in [-0.2, 0) is 6.61 Å². The molecule has 0 saturated carbocycles. The second kappa shape index (κ2) is 4.11. The van der Waals surface area contributed by atoms with Crippen molar-refractivity contribution in [2.45, 2.75) is 20.0 Å². The lowest BCUT2D eigenvalue weighted by atomic mass is 10.1. The summed E-state index contributed by atoms with van der Waals surface area (Å²) >= 11 is 3.07. The van der Waals surface area contributed by atoms with Gasteiger partial charge in [0.1, 0.15) is 4.60 Å². The van der Waals surface area contributed by atoms with Gasteiger partial charge in [-0.05, 0) is 28.4 Å². The summed E-state index contributed by atoms with van der Waals surface area (Å²) in [6, 6.07) is 0. The first-order valence-corrected chi connectivity index (χ1v) is 4.40. The number of halogens is 3. The van der Waals surface area contributed by atoms with E-state index in [1.54, 1.807) is 6.92 Å². The molecule has 0 aliphatic rings. The highest BCUT2D eigenvalue weighted by Gasteiger charge is 2.15. The lowest BCUT2D eigenvalue weighted by molar-refractivity contribution is 0.149. The van der Waals surface area contributed by atoms with E-state index in [9.17, 15) is 8.78 Å². The monoisotopic (exact) mass is 251 g/mol. The zero-order valence-corrected chi connectivity index (χ0v) is 8.48. The molecule has 0 amide bonds. The van der Waals surface area contributed by atoms with Crippen LogP contribution in [0.25, 0.3) is 0 Å². The summed E-state index contributed by atoms with van der Waals surface area (Å²) in [5.74, 6) is 0. The minimum Gasteiger partial charge on any atom is -0.392 e. The maximum atomic E-state index is 12.3. The fourth-order valence-corrected chi connectivity index (χ4v) is 1.56. The minimum absolute atomic E-state index is 0.132. The Hall–Kier alpha value is -0.550. The molecule has 0 aromatic carbocycles. The normalized spacial score (nSPS) is 10.9. The molecule has 0 unspecified atom stereocenters. The molecule has 13 heavy (non-hydrogen) atoms. The van der Waals surface area contributed by atoms with Gasteiger partial charge in [-0.2, -0.15) is 0 Å². The van der Waals surface area contributed by atoms with Crippen LogP contribution in [0.3, 0.4) is 0 Å². The van der Waals surface area contributed by atoms with Crippen molar-refractivity contribution >= 4 is 15.9 Å². The molecule has 0 aliphatic carbocycles. The summed E-state index contributed by atoms with van der Waals surface area (Å²) in [6.45, 7) is 1.25. The van der Waals surface area contributed by atoms with Crippen LogP contribution in [-0.4, -0.2) is 10.1 Å². The van der Waals surface area contributed by atoms with Gasteiger partial charge in [-0.1, -0.05) is 0 Å². The quantitative estimate of drug-likeness (QED) is 0.820. The number of aromatic nitrogens is 1. The van der Waals surface area contributed by atoms with Crippen molar-refractivity contribution in [1.82, 2.24) is 4.98 Å². The van der Waals surface area contributed by atoms with Crippen LogP contribution in [0.2, 0.25) is 0 Å². The lowest BCUT2D eigenvalue weighted by Gasteiger charge is -2.09. The topological polar surface area (TPSA) is 33.1 Å². The Bertz CT molecular complexity index is 317. The van der Waals surface area contributed by atoms with E-state index in [-0.39, 0.29) is 12.2 Å². The number of nitrogens with zero attached hydrogens (tertiary/aromatic N) is 1. The van der Waals surface area contributed by atoms with Crippen LogP contribution < -0.4 is 0 Å².